The summed E-state index contributed by atoms with van der Waals surface area (Å²) in [6.07, 6.45) is 1.20. The van der Waals surface area contributed by atoms with Crippen molar-refractivity contribution in [2.75, 3.05) is 0 Å². The second kappa shape index (κ2) is 13.3. The molecule has 8 nitrogen and oxygen atoms in total. The molecular formula is C27H35N3O5. The van der Waals surface area contributed by atoms with Crippen LogP contribution >= 0.6 is 0 Å². The van der Waals surface area contributed by atoms with Crippen molar-refractivity contribution in [3.05, 3.63) is 65.7 Å². The van der Waals surface area contributed by atoms with E-state index in [1.165, 1.54) is 12.1 Å². The van der Waals surface area contributed by atoms with Crippen LogP contribution in [0, 0.1) is 11.8 Å². The zero-order valence-electron chi connectivity index (χ0n) is 20.7. The van der Waals surface area contributed by atoms with Gasteiger partial charge in [-0.1, -0.05) is 70.2 Å². The van der Waals surface area contributed by atoms with Crippen LogP contribution in [0.5, 0.6) is 5.75 Å². The van der Waals surface area contributed by atoms with E-state index in [-0.39, 0.29) is 29.9 Å². The highest BCUT2D eigenvalue weighted by atomic mass is 16.3. The molecule has 2 aromatic rings. The van der Waals surface area contributed by atoms with Gasteiger partial charge in [0.2, 0.25) is 17.7 Å². The summed E-state index contributed by atoms with van der Waals surface area (Å²) >= 11 is 0. The van der Waals surface area contributed by atoms with Crippen molar-refractivity contribution >= 4 is 24.0 Å². The normalized spacial score (nSPS) is 13.5. The quantitative estimate of drug-likeness (QED) is 0.346. The van der Waals surface area contributed by atoms with E-state index in [9.17, 15) is 24.3 Å². The number of aldehydes is 1. The Bertz CT molecular complexity index is 990. The minimum atomic E-state index is -0.922. The fourth-order valence-corrected chi connectivity index (χ4v) is 3.48. The zero-order valence-corrected chi connectivity index (χ0v) is 20.7. The van der Waals surface area contributed by atoms with Gasteiger partial charge in [0.15, 0.2) is 0 Å². The summed E-state index contributed by atoms with van der Waals surface area (Å²) in [6.45, 7) is 7.03. The Morgan fingerprint density at radius 1 is 0.771 bits per heavy atom. The number of rotatable bonds is 12. The summed E-state index contributed by atoms with van der Waals surface area (Å²) in [5.41, 5.74) is 1.64. The summed E-state index contributed by atoms with van der Waals surface area (Å²) in [5, 5.41) is 17.7. The molecule has 0 aliphatic heterocycles. The Labute approximate surface area is 206 Å². The summed E-state index contributed by atoms with van der Waals surface area (Å²) in [6, 6.07) is 13.1. The number of hydrogen-bond acceptors (Lipinski definition) is 5. The largest absolute Gasteiger partial charge is 0.508 e. The van der Waals surface area contributed by atoms with Gasteiger partial charge in [0.1, 0.15) is 24.1 Å². The monoisotopic (exact) mass is 481 g/mol. The molecule has 188 valence electrons. The van der Waals surface area contributed by atoms with Crippen LogP contribution < -0.4 is 16.0 Å². The SMILES string of the molecule is CC(C)C(=O)N[C@H](Cc1ccc(O)cc1)C(=O)N[C@H](C(=O)NC(C=O)Cc1ccccc1)C(C)C. The fourth-order valence-electron chi connectivity index (χ4n) is 3.48. The number of phenols is 1. The molecule has 0 saturated heterocycles. The van der Waals surface area contributed by atoms with Crippen molar-refractivity contribution in [3.63, 3.8) is 0 Å². The maximum Gasteiger partial charge on any atom is 0.243 e. The maximum atomic E-state index is 13.2. The summed E-state index contributed by atoms with van der Waals surface area (Å²) < 4.78 is 0. The topological polar surface area (TPSA) is 125 Å². The Morgan fingerprint density at radius 2 is 1.37 bits per heavy atom. The fraction of sp³-hybridized carbons (Fsp3) is 0.407. The molecule has 0 aliphatic rings. The first kappa shape index (κ1) is 27.6. The lowest BCUT2D eigenvalue weighted by Crippen LogP contribution is -2.57. The number of nitrogens with one attached hydrogen (secondary N) is 3. The van der Waals surface area contributed by atoms with E-state index in [1.54, 1.807) is 39.8 Å². The van der Waals surface area contributed by atoms with Gasteiger partial charge in [0, 0.05) is 12.3 Å². The van der Waals surface area contributed by atoms with Crippen molar-refractivity contribution in [1.82, 2.24) is 16.0 Å². The smallest absolute Gasteiger partial charge is 0.243 e. The summed E-state index contributed by atoms with van der Waals surface area (Å²) in [7, 11) is 0. The highest BCUT2D eigenvalue weighted by molar-refractivity contribution is 5.93. The molecule has 2 aromatic carbocycles. The molecule has 3 amide bonds. The molecule has 35 heavy (non-hydrogen) atoms. The average molecular weight is 482 g/mol. The van der Waals surface area contributed by atoms with E-state index in [0.29, 0.717) is 12.7 Å². The van der Waals surface area contributed by atoms with Crippen LogP contribution in [0.25, 0.3) is 0 Å². The molecule has 4 N–H and O–H groups in total. The first-order valence-electron chi connectivity index (χ1n) is 11.8. The third kappa shape index (κ3) is 8.88. The Kier molecular flexibility index (Phi) is 10.5. The lowest BCUT2D eigenvalue weighted by molar-refractivity contribution is -0.134. The van der Waals surface area contributed by atoms with Gasteiger partial charge in [-0.15, -0.1) is 0 Å². The van der Waals surface area contributed by atoms with Crippen molar-refractivity contribution in [1.29, 1.82) is 0 Å². The number of hydrogen-bond donors (Lipinski definition) is 4. The van der Waals surface area contributed by atoms with Gasteiger partial charge in [-0.25, -0.2) is 0 Å². The second-order valence-corrected chi connectivity index (χ2v) is 9.26. The maximum absolute atomic E-state index is 13.2. The molecule has 0 spiro atoms. The molecule has 1 unspecified atom stereocenters. The Morgan fingerprint density at radius 3 is 1.91 bits per heavy atom. The van der Waals surface area contributed by atoms with E-state index in [1.807, 2.05) is 30.3 Å². The summed E-state index contributed by atoms with van der Waals surface area (Å²) in [5.74, 6) is -1.78. The lowest BCUT2D eigenvalue weighted by Gasteiger charge is -2.27. The van der Waals surface area contributed by atoms with Crippen LogP contribution in [0.4, 0.5) is 0 Å². The molecule has 0 bridgehead atoms. The number of carbonyl (C=O) groups excluding carboxylic acids is 4. The minimum Gasteiger partial charge on any atom is -0.508 e. The van der Waals surface area contributed by atoms with Crippen LogP contribution in [-0.4, -0.2) is 47.2 Å². The average Bonchev–Trinajstić information content (AvgIpc) is 2.82. The van der Waals surface area contributed by atoms with Crippen molar-refractivity contribution < 1.29 is 24.3 Å². The Hall–Kier alpha value is -3.68. The van der Waals surface area contributed by atoms with Crippen molar-refractivity contribution in [2.45, 2.75) is 58.7 Å². The molecule has 2 rings (SSSR count). The molecule has 0 aliphatic carbocycles. The number of benzene rings is 2. The molecule has 0 aromatic heterocycles. The number of carbonyl (C=O) groups is 4. The summed E-state index contributed by atoms with van der Waals surface area (Å²) in [4.78, 5) is 50.2. The van der Waals surface area contributed by atoms with Gasteiger partial charge in [-0.2, -0.15) is 0 Å². The second-order valence-electron chi connectivity index (χ2n) is 9.26. The van der Waals surface area contributed by atoms with Gasteiger partial charge in [-0.05, 0) is 35.6 Å². The van der Waals surface area contributed by atoms with E-state index in [2.05, 4.69) is 16.0 Å². The lowest BCUT2D eigenvalue weighted by atomic mass is 9.99. The molecule has 0 heterocycles. The molecule has 0 fully saturated rings. The van der Waals surface area contributed by atoms with E-state index in [4.69, 9.17) is 0 Å². The van der Waals surface area contributed by atoms with Gasteiger partial charge in [-0.3, -0.25) is 14.4 Å². The van der Waals surface area contributed by atoms with Crippen LogP contribution in [0.15, 0.2) is 54.6 Å². The number of aromatic hydroxyl groups is 1. The Balaban J connectivity index is 2.14. The van der Waals surface area contributed by atoms with Gasteiger partial charge in [0.05, 0.1) is 6.04 Å². The van der Waals surface area contributed by atoms with E-state index >= 15 is 0 Å². The van der Waals surface area contributed by atoms with Crippen molar-refractivity contribution in [2.24, 2.45) is 11.8 Å². The van der Waals surface area contributed by atoms with Crippen LogP contribution in [0.3, 0.4) is 0 Å². The van der Waals surface area contributed by atoms with E-state index in [0.717, 1.165) is 11.1 Å². The highest BCUT2D eigenvalue weighted by Crippen LogP contribution is 2.13. The van der Waals surface area contributed by atoms with Crippen molar-refractivity contribution in [3.8, 4) is 5.75 Å². The standard InChI is InChI=1S/C27H35N3O5/c1-17(2)24(27(35)28-21(16-31)14-19-8-6-5-7-9-19)30-26(34)23(29-25(33)18(3)4)15-20-10-12-22(32)13-11-20/h5-13,16-18,21,23-24,32H,14-15H2,1-4H3,(H,28,35)(H,29,33)(H,30,34)/t21?,23-,24+/m1/s1. The first-order valence-corrected chi connectivity index (χ1v) is 11.8. The molecule has 0 saturated carbocycles. The van der Waals surface area contributed by atoms with Gasteiger partial charge < -0.3 is 25.9 Å². The predicted octanol–water partition coefficient (Wildman–Crippen LogP) is 2.14. The van der Waals surface area contributed by atoms with Crippen LogP contribution in [-0.2, 0) is 32.0 Å². The molecular weight excluding hydrogens is 446 g/mol. The number of amides is 3. The zero-order chi connectivity index (χ0) is 26.0. The van der Waals surface area contributed by atoms with Crippen LogP contribution in [0.2, 0.25) is 0 Å². The highest BCUT2D eigenvalue weighted by Gasteiger charge is 2.30. The van der Waals surface area contributed by atoms with Crippen LogP contribution in [0.1, 0.15) is 38.8 Å². The third-order valence-corrected chi connectivity index (χ3v) is 5.57. The predicted molar refractivity (Wildman–Crippen MR) is 133 cm³/mol. The minimum absolute atomic E-state index is 0.0951. The molecule has 3 atom stereocenters. The molecule has 8 heteroatoms. The third-order valence-electron chi connectivity index (χ3n) is 5.57. The molecule has 0 radical (unpaired) electrons. The van der Waals surface area contributed by atoms with E-state index < -0.39 is 29.9 Å². The van der Waals surface area contributed by atoms with Gasteiger partial charge in [0.25, 0.3) is 0 Å². The first-order chi connectivity index (χ1) is 16.6. The number of phenolic OH excluding ortho intramolecular Hbond substituents is 1. The van der Waals surface area contributed by atoms with Gasteiger partial charge >= 0.3 is 0 Å².